The fourth-order valence-corrected chi connectivity index (χ4v) is 5.70. The third-order valence-corrected chi connectivity index (χ3v) is 7.41. The summed E-state index contributed by atoms with van der Waals surface area (Å²) in [6.07, 6.45) is 7.09. The maximum Gasteiger partial charge on any atom is 0.234 e. The van der Waals surface area contributed by atoms with Gasteiger partial charge in [-0.15, -0.1) is 11.3 Å². The van der Waals surface area contributed by atoms with Crippen LogP contribution in [-0.2, 0) is 10.3 Å². The van der Waals surface area contributed by atoms with Gasteiger partial charge in [0.15, 0.2) is 16.6 Å². The van der Waals surface area contributed by atoms with Crippen molar-refractivity contribution in [2.24, 2.45) is 0 Å². The molecule has 2 aliphatic heterocycles. The fraction of sp³-hybridized carbons (Fsp3) is 0.565. The summed E-state index contributed by atoms with van der Waals surface area (Å²) in [6.45, 7) is 5.32. The van der Waals surface area contributed by atoms with Crippen molar-refractivity contribution < 1.29 is 14.3 Å². The number of nitrogens with one attached hydrogen (secondary N) is 1. The number of nitrogens with zero attached hydrogens (tertiary/aromatic N) is 3. The van der Waals surface area contributed by atoms with E-state index in [2.05, 4.69) is 32.2 Å². The number of amides is 1. The van der Waals surface area contributed by atoms with Gasteiger partial charge in [-0.25, -0.2) is 4.98 Å². The topological polar surface area (TPSA) is 66.9 Å². The molecule has 1 aromatic heterocycles. The van der Waals surface area contributed by atoms with Crippen LogP contribution in [0.1, 0.15) is 37.7 Å². The first-order valence-corrected chi connectivity index (χ1v) is 12.2. The van der Waals surface area contributed by atoms with E-state index in [9.17, 15) is 4.79 Å². The van der Waals surface area contributed by atoms with Gasteiger partial charge in [-0.05, 0) is 37.0 Å². The van der Waals surface area contributed by atoms with Crippen molar-refractivity contribution in [1.29, 1.82) is 0 Å². The first kappa shape index (κ1) is 20.6. The lowest BCUT2D eigenvalue weighted by molar-refractivity contribution is -0.124. The number of carbonyl (C=O) groups is 1. The third kappa shape index (κ3) is 4.50. The molecule has 8 heteroatoms. The molecule has 31 heavy (non-hydrogen) atoms. The Labute approximate surface area is 187 Å². The maximum atomic E-state index is 13.1. The Morgan fingerprint density at radius 3 is 2.71 bits per heavy atom. The van der Waals surface area contributed by atoms with Gasteiger partial charge in [0.1, 0.15) is 13.2 Å². The van der Waals surface area contributed by atoms with Crippen LogP contribution in [0.5, 0.6) is 11.5 Å². The maximum absolute atomic E-state index is 13.1. The van der Waals surface area contributed by atoms with Gasteiger partial charge in [-0.1, -0.05) is 18.9 Å². The average Bonchev–Trinajstić information content (AvgIpc) is 3.44. The van der Waals surface area contributed by atoms with Crippen molar-refractivity contribution in [3.63, 3.8) is 0 Å². The van der Waals surface area contributed by atoms with E-state index in [1.54, 1.807) is 11.3 Å². The molecule has 166 valence electrons. The van der Waals surface area contributed by atoms with Crippen LogP contribution in [0.2, 0.25) is 0 Å². The van der Waals surface area contributed by atoms with Crippen molar-refractivity contribution >= 4 is 22.4 Å². The van der Waals surface area contributed by atoms with Gasteiger partial charge in [0.25, 0.3) is 0 Å². The quantitative estimate of drug-likeness (QED) is 0.768. The highest BCUT2D eigenvalue weighted by atomic mass is 32.1. The number of ether oxygens (including phenoxy) is 2. The summed E-state index contributed by atoms with van der Waals surface area (Å²) >= 11 is 1.68. The summed E-state index contributed by atoms with van der Waals surface area (Å²) in [6, 6.07) is 6.15. The zero-order valence-electron chi connectivity index (χ0n) is 17.8. The standard InChI is InChI=1S/C23H30N4O3S/c28-21(17-26-9-3-10-27(12-11-26)22-24-8-15-31-22)25-23(6-1-2-7-23)18-4-5-19-20(16-18)30-14-13-29-19/h4-5,8,15-16H,1-3,6-7,9-14,17H2,(H,25,28). The van der Waals surface area contributed by atoms with E-state index >= 15 is 0 Å². The predicted octanol–water partition coefficient (Wildman–Crippen LogP) is 3.01. The van der Waals surface area contributed by atoms with Crippen LogP contribution < -0.4 is 19.7 Å². The number of benzene rings is 1. The monoisotopic (exact) mass is 442 g/mol. The molecular weight excluding hydrogens is 412 g/mol. The number of aromatic nitrogens is 1. The van der Waals surface area contributed by atoms with E-state index in [1.165, 1.54) is 0 Å². The fourth-order valence-electron chi connectivity index (χ4n) is 5.01. The lowest BCUT2D eigenvalue weighted by Gasteiger charge is -2.33. The first-order chi connectivity index (χ1) is 15.2. The Hall–Kier alpha value is -2.32. The number of hydrogen-bond acceptors (Lipinski definition) is 7. The second-order valence-corrected chi connectivity index (χ2v) is 9.50. The Morgan fingerprint density at radius 2 is 1.90 bits per heavy atom. The third-order valence-electron chi connectivity index (χ3n) is 6.58. The Bertz CT molecular complexity index is 898. The molecule has 5 rings (SSSR count). The van der Waals surface area contributed by atoms with Crippen molar-refractivity contribution in [3.8, 4) is 11.5 Å². The number of rotatable bonds is 5. The van der Waals surface area contributed by atoms with E-state index < -0.39 is 0 Å². The largest absolute Gasteiger partial charge is 0.486 e. The van der Waals surface area contributed by atoms with Gasteiger partial charge < -0.3 is 19.7 Å². The van der Waals surface area contributed by atoms with E-state index in [0.29, 0.717) is 19.8 Å². The van der Waals surface area contributed by atoms with Gasteiger partial charge in [0.05, 0.1) is 12.1 Å². The SMILES string of the molecule is O=C(CN1CCCN(c2nccs2)CC1)NC1(c2ccc3c(c2)OCCO3)CCCC1. The molecule has 1 amide bonds. The summed E-state index contributed by atoms with van der Waals surface area (Å²) in [7, 11) is 0. The molecule has 1 aromatic carbocycles. The van der Waals surface area contributed by atoms with Gasteiger partial charge in [0, 0.05) is 37.8 Å². The van der Waals surface area contributed by atoms with Crippen molar-refractivity contribution in [1.82, 2.24) is 15.2 Å². The molecule has 3 heterocycles. The number of thiazole rings is 1. The molecule has 0 spiro atoms. The van der Waals surface area contributed by atoms with Gasteiger partial charge >= 0.3 is 0 Å². The molecule has 1 saturated heterocycles. The number of hydrogen-bond donors (Lipinski definition) is 1. The van der Waals surface area contributed by atoms with E-state index in [4.69, 9.17) is 9.47 Å². The second-order valence-electron chi connectivity index (χ2n) is 8.63. The molecule has 0 bridgehead atoms. The number of anilines is 1. The lowest BCUT2D eigenvalue weighted by Crippen LogP contribution is -2.48. The minimum Gasteiger partial charge on any atom is -0.486 e. The van der Waals surface area contributed by atoms with Crippen LogP contribution in [0.3, 0.4) is 0 Å². The predicted molar refractivity (Wildman–Crippen MR) is 121 cm³/mol. The van der Waals surface area contributed by atoms with Crippen LogP contribution in [0.4, 0.5) is 5.13 Å². The molecular formula is C23H30N4O3S. The minimum atomic E-state index is -0.300. The molecule has 1 aliphatic carbocycles. The smallest absolute Gasteiger partial charge is 0.234 e. The average molecular weight is 443 g/mol. The Morgan fingerprint density at radius 1 is 1.06 bits per heavy atom. The van der Waals surface area contributed by atoms with Crippen LogP contribution in [0.15, 0.2) is 29.8 Å². The van der Waals surface area contributed by atoms with Gasteiger partial charge in [0.2, 0.25) is 5.91 Å². The highest BCUT2D eigenvalue weighted by Crippen LogP contribution is 2.42. The van der Waals surface area contributed by atoms with Crippen LogP contribution in [-0.4, -0.2) is 61.7 Å². The zero-order valence-corrected chi connectivity index (χ0v) is 18.7. The molecule has 2 fully saturated rings. The van der Waals surface area contributed by atoms with Crippen molar-refractivity contribution in [2.75, 3.05) is 50.8 Å². The molecule has 2 aromatic rings. The molecule has 1 N–H and O–H groups in total. The molecule has 0 radical (unpaired) electrons. The summed E-state index contributed by atoms with van der Waals surface area (Å²) in [5.74, 6) is 1.70. The molecule has 0 unspecified atom stereocenters. The van der Waals surface area contributed by atoms with E-state index in [1.807, 2.05) is 17.6 Å². The number of fused-ring (bicyclic) bond motifs is 1. The van der Waals surface area contributed by atoms with E-state index in [-0.39, 0.29) is 11.4 Å². The molecule has 3 aliphatic rings. The van der Waals surface area contributed by atoms with Gasteiger partial charge in [-0.2, -0.15) is 0 Å². The van der Waals surface area contributed by atoms with Crippen LogP contribution in [0.25, 0.3) is 0 Å². The Balaban J connectivity index is 1.24. The zero-order chi connectivity index (χ0) is 21.1. The summed E-state index contributed by atoms with van der Waals surface area (Å²) < 4.78 is 11.5. The van der Waals surface area contributed by atoms with E-state index in [0.717, 1.165) is 80.5 Å². The minimum absolute atomic E-state index is 0.111. The highest BCUT2D eigenvalue weighted by Gasteiger charge is 2.38. The number of carbonyl (C=O) groups excluding carboxylic acids is 1. The van der Waals surface area contributed by atoms with Crippen molar-refractivity contribution in [2.45, 2.75) is 37.6 Å². The van der Waals surface area contributed by atoms with Crippen molar-refractivity contribution in [3.05, 3.63) is 35.3 Å². The van der Waals surface area contributed by atoms with Gasteiger partial charge in [-0.3, -0.25) is 9.69 Å². The molecule has 7 nitrogen and oxygen atoms in total. The summed E-state index contributed by atoms with van der Waals surface area (Å²) in [5, 5.41) is 6.52. The summed E-state index contributed by atoms with van der Waals surface area (Å²) in [4.78, 5) is 22.2. The molecule has 1 saturated carbocycles. The Kier molecular flexibility index (Phi) is 6.00. The first-order valence-electron chi connectivity index (χ1n) is 11.3. The second kappa shape index (κ2) is 9.04. The van der Waals surface area contributed by atoms with Crippen LogP contribution >= 0.6 is 11.3 Å². The highest BCUT2D eigenvalue weighted by molar-refractivity contribution is 7.13. The molecule has 0 atom stereocenters. The normalized spacial score (nSPS) is 21.0. The summed E-state index contributed by atoms with van der Waals surface area (Å²) in [5.41, 5.74) is 0.833. The van der Waals surface area contributed by atoms with Crippen LogP contribution in [0, 0.1) is 0 Å². The lowest BCUT2D eigenvalue weighted by atomic mass is 9.87.